The SMILES string of the molecule is CCCc1sc2nc(SCC(=O)Nc3ccc(Br)cc3)n(-c3ccc(F)cc3)c(=O)c2c1C. The number of hydrogen-bond donors (Lipinski definition) is 1. The number of rotatable bonds is 7. The number of aromatic nitrogens is 2. The molecule has 0 radical (unpaired) electrons. The van der Waals surface area contributed by atoms with Crippen molar-refractivity contribution in [3.63, 3.8) is 0 Å². The third-order valence-electron chi connectivity index (χ3n) is 5.05. The van der Waals surface area contributed by atoms with Crippen molar-refractivity contribution in [1.82, 2.24) is 9.55 Å². The van der Waals surface area contributed by atoms with Crippen molar-refractivity contribution >= 4 is 60.8 Å². The van der Waals surface area contributed by atoms with E-state index < -0.39 is 0 Å². The van der Waals surface area contributed by atoms with Crippen LogP contribution in [0.1, 0.15) is 23.8 Å². The lowest BCUT2D eigenvalue weighted by Gasteiger charge is -2.12. The maximum Gasteiger partial charge on any atom is 0.267 e. The maximum atomic E-state index is 13.6. The number of halogens is 2. The fourth-order valence-electron chi connectivity index (χ4n) is 3.45. The molecule has 1 N–H and O–H groups in total. The van der Waals surface area contributed by atoms with E-state index in [2.05, 4.69) is 28.2 Å². The van der Waals surface area contributed by atoms with E-state index in [1.807, 2.05) is 19.1 Å². The van der Waals surface area contributed by atoms with E-state index in [0.29, 0.717) is 26.7 Å². The first-order valence-corrected chi connectivity index (χ1v) is 13.0. The predicted molar refractivity (Wildman–Crippen MR) is 137 cm³/mol. The number of carbonyl (C=O) groups is 1. The number of aryl methyl sites for hydroxylation is 2. The average molecular weight is 546 g/mol. The van der Waals surface area contributed by atoms with Crippen LogP contribution >= 0.6 is 39.0 Å². The van der Waals surface area contributed by atoms with Crippen LogP contribution in [0.5, 0.6) is 0 Å². The minimum atomic E-state index is -0.388. The van der Waals surface area contributed by atoms with Crippen molar-refractivity contribution in [1.29, 1.82) is 0 Å². The number of amides is 1. The van der Waals surface area contributed by atoms with Crippen LogP contribution in [0.3, 0.4) is 0 Å². The number of nitrogens with zero attached hydrogens (tertiary/aromatic N) is 2. The van der Waals surface area contributed by atoms with Gasteiger partial charge in [0.15, 0.2) is 5.16 Å². The summed E-state index contributed by atoms with van der Waals surface area (Å²) in [5.41, 5.74) is 1.92. The standard InChI is InChI=1S/C24H21BrFN3O2S2/c1-3-4-19-14(2)21-22(33-19)28-24(29(23(21)31)18-11-7-16(26)8-12-18)32-13-20(30)27-17-9-5-15(25)6-10-17/h5-12H,3-4,13H2,1-2H3,(H,27,30). The second kappa shape index (κ2) is 10.2. The van der Waals surface area contributed by atoms with Crippen LogP contribution in [0.2, 0.25) is 0 Å². The number of benzene rings is 2. The molecule has 0 bridgehead atoms. The van der Waals surface area contributed by atoms with Crippen LogP contribution in [0.25, 0.3) is 15.9 Å². The summed E-state index contributed by atoms with van der Waals surface area (Å²) in [6.45, 7) is 4.04. The van der Waals surface area contributed by atoms with Crippen LogP contribution in [-0.4, -0.2) is 21.2 Å². The quantitative estimate of drug-likeness (QED) is 0.217. The molecule has 5 nitrogen and oxygen atoms in total. The summed E-state index contributed by atoms with van der Waals surface area (Å²) in [6, 6.07) is 13.0. The van der Waals surface area contributed by atoms with E-state index in [4.69, 9.17) is 4.98 Å². The Labute approximate surface area is 207 Å². The molecule has 2 heterocycles. The first kappa shape index (κ1) is 23.7. The molecule has 0 atom stereocenters. The molecular weight excluding hydrogens is 525 g/mol. The summed E-state index contributed by atoms with van der Waals surface area (Å²) >= 11 is 6.07. The normalized spacial score (nSPS) is 11.2. The van der Waals surface area contributed by atoms with Gasteiger partial charge in [-0.1, -0.05) is 41.0 Å². The van der Waals surface area contributed by atoms with Crippen LogP contribution in [0, 0.1) is 12.7 Å². The van der Waals surface area contributed by atoms with Gasteiger partial charge >= 0.3 is 0 Å². The van der Waals surface area contributed by atoms with Gasteiger partial charge in [0, 0.05) is 15.0 Å². The Morgan fingerprint density at radius 3 is 2.55 bits per heavy atom. The van der Waals surface area contributed by atoms with Gasteiger partial charge in [-0.15, -0.1) is 11.3 Å². The lowest BCUT2D eigenvalue weighted by Crippen LogP contribution is -2.23. The number of fused-ring (bicyclic) bond motifs is 1. The van der Waals surface area contributed by atoms with Gasteiger partial charge in [-0.05, 0) is 67.4 Å². The molecule has 0 aliphatic rings. The zero-order valence-electron chi connectivity index (χ0n) is 18.0. The fourth-order valence-corrected chi connectivity index (χ4v) is 5.85. The molecule has 2 aromatic heterocycles. The van der Waals surface area contributed by atoms with E-state index in [1.165, 1.54) is 39.8 Å². The molecule has 170 valence electrons. The highest BCUT2D eigenvalue weighted by atomic mass is 79.9. The Kier molecular flexibility index (Phi) is 7.31. The number of thioether (sulfide) groups is 1. The highest BCUT2D eigenvalue weighted by Crippen LogP contribution is 2.31. The fraction of sp³-hybridized carbons (Fsp3) is 0.208. The zero-order chi connectivity index (χ0) is 23.5. The van der Waals surface area contributed by atoms with Crippen molar-refractivity contribution in [3.8, 4) is 5.69 Å². The molecule has 0 fully saturated rings. The molecule has 4 aromatic rings. The van der Waals surface area contributed by atoms with Gasteiger partial charge < -0.3 is 5.32 Å². The van der Waals surface area contributed by atoms with E-state index in [-0.39, 0.29) is 23.0 Å². The molecule has 0 aliphatic heterocycles. The lowest BCUT2D eigenvalue weighted by molar-refractivity contribution is -0.113. The van der Waals surface area contributed by atoms with E-state index in [0.717, 1.165) is 27.8 Å². The Hall–Kier alpha value is -2.49. The Bertz CT molecular complexity index is 1370. The molecular formula is C24H21BrFN3O2S2. The number of nitrogens with one attached hydrogen (secondary N) is 1. The Balaban J connectivity index is 1.71. The monoisotopic (exact) mass is 545 g/mol. The minimum Gasteiger partial charge on any atom is -0.325 e. The highest BCUT2D eigenvalue weighted by Gasteiger charge is 2.20. The second-order valence-corrected chi connectivity index (χ2v) is 10.4. The molecule has 0 unspecified atom stereocenters. The van der Waals surface area contributed by atoms with Gasteiger partial charge in [0.1, 0.15) is 10.6 Å². The van der Waals surface area contributed by atoms with Gasteiger partial charge in [-0.3, -0.25) is 14.2 Å². The largest absolute Gasteiger partial charge is 0.325 e. The molecule has 1 amide bonds. The first-order chi connectivity index (χ1) is 15.9. The average Bonchev–Trinajstić information content (AvgIpc) is 3.10. The second-order valence-electron chi connectivity index (χ2n) is 7.44. The molecule has 4 rings (SSSR count). The molecule has 33 heavy (non-hydrogen) atoms. The molecule has 0 aliphatic carbocycles. The summed E-state index contributed by atoms with van der Waals surface area (Å²) in [7, 11) is 0. The molecule has 0 spiro atoms. The smallest absolute Gasteiger partial charge is 0.267 e. The van der Waals surface area contributed by atoms with Crippen molar-refractivity contribution in [2.45, 2.75) is 31.8 Å². The zero-order valence-corrected chi connectivity index (χ0v) is 21.2. The van der Waals surface area contributed by atoms with E-state index in [9.17, 15) is 14.0 Å². The predicted octanol–water partition coefficient (Wildman–Crippen LogP) is 6.34. The van der Waals surface area contributed by atoms with E-state index >= 15 is 0 Å². The van der Waals surface area contributed by atoms with Crippen molar-refractivity contribution in [2.75, 3.05) is 11.1 Å². The molecule has 0 saturated heterocycles. The molecule has 0 saturated carbocycles. The van der Waals surface area contributed by atoms with Crippen LogP contribution < -0.4 is 10.9 Å². The summed E-state index contributed by atoms with van der Waals surface area (Å²) < 4.78 is 15.9. The molecule has 2 aromatic carbocycles. The van der Waals surface area contributed by atoms with Crippen LogP contribution in [0.15, 0.2) is 63.0 Å². The van der Waals surface area contributed by atoms with Crippen molar-refractivity contribution in [2.24, 2.45) is 0 Å². The summed E-state index contributed by atoms with van der Waals surface area (Å²) in [5.74, 6) is -0.529. The summed E-state index contributed by atoms with van der Waals surface area (Å²) in [5, 5.41) is 3.82. The van der Waals surface area contributed by atoms with Crippen LogP contribution in [0.4, 0.5) is 10.1 Å². The topological polar surface area (TPSA) is 64.0 Å². The van der Waals surface area contributed by atoms with Gasteiger partial charge in [0.05, 0.1) is 16.8 Å². The summed E-state index contributed by atoms with van der Waals surface area (Å²) in [4.78, 5) is 32.7. The van der Waals surface area contributed by atoms with Gasteiger partial charge in [-0.2, -0.15) is 0 Å². The lowest BCUT2D eigenvalue weighted by atomic mass is 10.1. The van der Waals surface area contributed by atoms with Gasteiger partial charge in [0.2, 0.25) is 5.91 Å². The third kappa shape index (κ3) is 5.20. The molecule has 9 heteroatoms. The van der Waals surface area contributed by atoms with E-state index in [1.54, 1.807) is 24.3 Å². The number of hydrogen-bond acceptors (Lipinski definition) is 5. The van der Waals surface area contributed by atoms with Crippen LogP contribution in [-0.2, 0) is 11.2 Å². The van der Waals surface area contributed by atoms with Crippen molar-refractivity contribution < 1.29 is 9.18 Å². The number of anilines is 1. The third-order valence-corrected chi connectivity index (χ3v) is 7.77. The highest BCUT2D eigenvalue weighted by molar-refractivity contribution is 9.10. The van der Waals surface area contributed by atoms with Crippen molar-refractivity contribution in [3.05, 3.63) is 79.6 Å². The minimum absolute atomic E-state index is 0.0708. The first-order valence-electron chi connectivity index (χ1n) is 10.4. The summed E-state index contributed by atoms with van der Waals surface area (Å²) in [6.07, 6.45) is 1.85. The number of carbonyl (C=O) groups excluding carboxylic acids is 1. The Morgan fingerprint density at radius 2 is 1.88 bits per heavy atom. The Morgan fingerprint density at radius 1 is 1.18 bits per heavy atom. The number of thiophene rings is 1. The maximum absolute atomic E-state index is 13.6. The van der Waals surface area contributed by atoms with Gasteiger partial charge in [-0.25, -0.2) is 9.37 Å². The van der Waals surface area contributed by atoms with Gasteiger partial charge in [0.25, 0.3) is 5.56 Å².